The smallest absolute Gasteiger partial charge is 0.267 e. The molecule has 4 rings (SSSR count). The summed E-state index contributed by atoms with van der Waals surface area (Å²) in [5.41, 5.74) is 0.435. The van der Waals surface area contributed by atoms with Crippen molar-refractivity contribution in [1.82, 2.24) is 19.9 Å². The van der Waals surface area contributed by atoms with Crippen molar-refractivity contribution in [2.75, 3.05) is 29.5 Å². The predicted molar refractivity (Wildman–Crippen MR) is 134 cm³/mol. The normalized spacial score (nSPS) is 12.3. The Morgan fingerprint density at radius 3 is 2.61 bits per heavy atom. The van der Waals surface area contributed by atoms with Crippen molar-refractivity contribution >= 4 is 50.1 Å². The number of benzene rings is 1. The van der Waals surface area contributed by atoms with Crippen LogP contribution in [0.1, 0.15) is 6.92 Å². The molecule has 0 saturated heterocycles. The van der Waals surface area contributed by atoms with Crippen molar-refractivity contribution in [3.8, 4) is 17.0 Å². The van der Waals surface area contributed by atoms with E-state index in [0.29, 0.717) is 22.4 Å². The summed E-state index contributed by atoms with van der Waals surface area (Å²) < 4.78 is 49.0. The number of aliphatic hydroxyl groups excluding tert-OH is 1. The molecule has 0 bridgehead atoms. The molecular weight excluding hydrogens is 513 g/mol. The standard InChI is InChI=1S/C22H21ClFN7O4S/c1-11(32)28-22-27-9-12-7-15(20(25-2)29-19(12)30-22)14-5-4-6-16(18(14)24)31-36(33,34)17-8-13(23)10-26-21(17)35-3/h4-11,31-32H,1-3H3,(H2,25,27,28,29,30). The molecule has 14 heteroatoms. The summed E-state index contributed by atoms with van der Waals surface area (Å²) in [5, 5.41) is 15.6. The molecule has 1 unspecified atom stereocenters. The van der Waals surface area contributed by atoms with Crippen LogP contribution in [0.15, 0.2) is 47.6 Å². The monoisotopic (exact) mass is 533 g/mol. The van der Waals surface area contributed by atoms with Gasteiger partial charge >= 0.3 is 0 Å². The van der Waals surface area contributed by atoms with Crippen molar-refractivity contribution in [2.24, 2.45) is 0 Å². The lowest BCUT2D eigenvalue weighted by Gasteiger charge is -2.15. The van der Waals surface area contributed by atoms with Gasteiger partial charge in [0, 0.05) is 36.0 Å². The number of methoxy groups -OCH3 is 1. The number of hydrogen-bond donors (Lipinski definition) is 4. The molecule has 3 aromatic heterocycles. The van der Waals surface area contributed by atoms with Gasteiger partial charge in [0.25, 0.3) is 10.0 Å². The van der Waals surface area contributed by atoms with Crippen molar-refractivity contribution in [3.05, 3.63) is 53.6 Å². The molecular formula is C22H21ClFN7O4S. The summed E-state index contributed by atoms with van der Waals surface area (Å²) in [7, 11) is -1.44. The molecule has 0 radical (unpaired) electrons. The van der Waals surface area contributed by atoms with Crippen molar-refractivity contribution in [3.63, 3.8) is 0 Å². The Labute approximate surface area is 210 Å². The van der Waals surface area contributed by atoms with E-state index in [1.165, 1.54) is 44.6 Å². The largest absolute Gasteiger partial charge is 0.480 e. The SMILES string of the molecule is CNc1nc2nc(NC(C)O)ncc2cc1-c1cccc(NS(=O)(=O)c2cc(Cl)cnc2OC)c1F. The first-order valence-electron chi connectivity index (χ1n) is 10.4. The van der Waals surface area contributed by atoms with Gasteiger partial charge in [0.05, 0.1) is 17.8 Å². The number of aliphatic hydroxyl groups is 1. The molecule has 4 aromatic rings. The van der Waals surface area contributed by atoms with Crippen LogP contribution in [0.3, 0.4) is 0 Å². The molecule has 0 spiro atoms. The molecule has 1 aromatic carbocycles. The van der Waals surface area contributed by atoms with Gasteiger partial charge in [-0.1, -0.05) is 23.7 Å². The van der Waals surface area contributed by atoms with E-state index in [2.05, 4.69) is 35.3 Å². The van der Waals surface area contributed by atoms with E-state index in [0.717, 1.165) is 6.07 Å². The highest BCUT2D eigenvalue weighted by Gasteiger charge is 2.24. The molecule has 0 aliphatic rings. The summed E-state index contributed by atoms with van der Waals surface area (Å²) in [6.07, 6.45) is 1.85. The van der Waals surface area contributed by atoms with Gasteiger partial charge in [-0.15, -0.1) is 0 Å². The number of rotatable bonds is 8. The molecule has 3 heterocycles. The second-order valence-corrected chi connectivity index (χ2v) is 9.58. The number of ether oxygens (including phenoxy) is 1. The number of anilines is 3. The Morgan fingerprint density at radius 2 is 1.92 bits per heavy atom. The van der Waals surface area contributed by atoms with E-state index in [-0.39, 0.29) is 33.0 Å². The maximum Gasteiger partial charge on any atom is 0.267 e. The van der Waals surface area contributed by atoms with Crippen molar-refractivity contribution in [2.45, 2.75) is 18.0 Å². The topological polar surface area (TPSA) is 151 Å². The van der Waals surface area contributed by atoms with E-state index in [9.17, 15) is 13.5 Å². The Balaban J connectivity index is 1.77. The first-order chi connectivity index (χ1) is 17.1. The van der Waals surface area contributed by atoms with E-state index in [1.807, 2.05) is 0 Å². The molecule has 11 nitrogen and oxygen atoms in total. The van der Waals surface area contributed by atoms with Crippen LogP contribution in [-0.2, 0) is 10.0 Å². The van der Waals surface area contributed by atoms with Gasteiger partial charge in [-0.2, -0.15) is 4.98 Å². The van der Waals surface area contributed by atoms with Crippen LogP contribution in [0.5, 0.6) is 5.88 Å². The number of pyridine rings is 2. The lowest BCUT2D eigenvalue weighted by molar-refractivity contribution is 0.223. The fraction of sp³-hybridized carbons (Fsp3) is 0.182. The van der Waals surface area contributed by atoms with Gasteiger partial charge in [-0.3, -0.25) is 4.72 Å². The molecule has 188 valence electrons. The molecule has 0 amide bonds. The van der Waals surface area contributed by atoms with Crippen molar-refractivity contribution < 1.29 is 22.7 Å². The summed E-state index contributed by atoms with van der Waals surface area (Å²) >= 11 is 5.91. The quantitative estimate of drug-likeness (QED) is 0.248. The highest BCUT2D eigenvalue weighted by molar-refractivity contribution is 7.92. The number of sulfonamides is 1. The second-order valence-electron chi connectivity index (χ2n) is 7.49. The number of halogens is 2. The fourth-order valence-corrected chi connectivity index (χ4v) is 4.82. The van der Waals surface area contributed by atoms with Gasteiger partial charge in [0.1, 0.15) is 12.0 Å². The molecule has 1 atom stereocenters. The minimum atomic E-state index is -4.31. The van der Waals surface area contributed by atoms with Crippen LogP contribution >= 0.6 is 11.6 Å². The van der Waals surface area contributed by atoms with Crippen LogP contribution in [0.25, 0.3) is 22.2 Å². The van der Waals surface area contributed by atoms with E-state index in [4.69, 9.17) is 16.3 Å². The molecule has 4 N–H and O–H groups in total. The third-order valence-corrected chi connectivity index (χ3v) is 6.51. The summed E-state index contributed by atoms with van der Waals surface area (Å²) in [6.45, 7) is 1.52. The molecule has 0 aliphatic heterocycles. The zero-order valence-corrected chi connectivity index (χ0v) is 20.8. The van der Waals surface area contributed by atoms with E-state index in [1.54, 1.807) is 13.1 Å². The zero-order valence-electron chi connectivity index (χ0n) is 19.2. The highest BCUT2D eigenvalue weighted by atomic mass is 35.5. The molecule has 0 aliphatic carbocycles. The maximum atomic E-state index is 15.7. The first-order valence-corrected chi connectivity index (χ1v) is 12.3. The number of hydrogen-bond acceptors (Lipinski definition) is 10. The van der Waals surface area contributed by atoms with Gasteiger partial charge < -0.3 is 20.5 Å². The lowest BCUT2D eigenvalue weighted by Crippen LogP contribution is -2.16. The summed E-state index contributed by atoms with van der Waals surface area (Å²) in [4.78, 5) is 16.3. The zero-order chi connectivity index (χ0) is 26.0. The van der Waals surface area contributed by atoms with Gasteiger partial charge in [0.15, 0.2) is 16.4 Å². The lowest BCUT2D eigenvalue weighted by atomic mass is 10.0. The van der Waals surface area contributed by atoms with Gasteiger partial charge in [0.2, 0.25) is 11.8 Å². The highest BCUT2D eigenvalue weighted by Crippen LogP contribution is 2.35. The Morgan fingerprint density at radius 1 is 1.14 bits per heavy atom. The minimum absolute atomic E-state index is 0.0697. The fourth-order valence-electron chi connectivity index (χ4n) is 3.39. The average Bonchev–Trinajstić information content (AvgIpc) is 2.84. The first kappa shape index (κ1) is 25.3. The van der Waals surface area contributed by atoms with Crippen LogP contribution in [0.2, 0.25) is 5.02 Å². The number of aromatic nitrogens is 4. The van der Waals surface area contributed by atoms with Crippen LogP contribution in [-0.4, -0.2) is 53.8 Å². The Hall–Kier alpha value is -3.81. The van der Waals surface area contributed by atoms with Gasteiger partial charge in [-0.25, -0.2) is 27.8 Å². The number of fused-ring (bicyclic) bond motifs is 1. The molecule has 36 heavy (non-hydrogen) atoms. The number of nitrogens with one attached hydrogen (secondary N) is 3. The Bertz CT molecular complexity index is 1550. The maximum absolute atomic E-state index is 15.7. The third kappa shape index (κ3) is 5.08. The minimum Gasteiger partial charge on any atom is -0.480 e. The Kier molecular flexibility index (Phi) is 7.06. The molecule has 0 fully saturated rings. The average molecular weight is 534 g/mol. The van der Waals surface area contributed by atoms with E-state index >= 15 is 4.39 Å². The van der Waals surface area contributed by atoms with Crippen LogP contribution in [0.4, 0.5) is 21.8 Å². The second kappa shape index (κ2) is 10.0. The third-order valence-electron chi connectivity index (χ3n) is 4.94. The van der Waals surface area contributed by atoms with E-state index < -0.39 is 22.1 Å². The summed E-state index contributed by atoms with van der Waals surface area (Å²) in [5.74, 6) is -0.553. The van der Waals surface area contributed by atoms with Crippen LogP contribution < -0.4 is 20.1 Å². The van der Waals surface area contributed by atoms with Crippen molar-refractivity contribution in [1.29, 1.82) is 0 Å². The predicted octanol–water partition coefficient (Wildman–Crippen LogP) is 3.48. The summed E-state index contributed by atoms with van der Waals surface area (Å²) in [6, 6.07) is 7.05. The van der Waals surface area contributed by atoms with Gasteiger partial charge in [-0.05, 0) is 25.1 Å². The van der Waals surface area contributed by atoms with Crippen LogP contribution in [0, 0.1) is 5.82 Å². The molecule has 0 saturated carbocycles. The number of nitrogens with zero attached hydrogens (tertiary/aromatic N) is 4.